The van der Waals surface area contributed by atoms with Gasteiger partial charge in [0, 0.05) is 31.1 Å². The molecule has 0 aliphatic carbocycles. The molecule has 4 nitrogen and oxygen atoms in total. The van der Waals surface area contributed by atoms with Crippen molar-refractivity contribution in [1.29, 1.82) is 0 Å². The van der Waals surface area contributed by atoms with Gasteiger partial charge in [-0.3, -0.25) is 4.79 Å². The van der Waals surface area contributed by atoms with Crippen LogP contribution in [-0.4, -0.2) is 25.1 Å². The summed E-state index contributed by atoms with van der Waals surface area (Å²) in [5.74, 6) is 0.596. The Labute approximate surface area is 154 Å². The minimum Gasteiger partial charge on any atom is -0.489 e. The number of hydrogen-bond acceptors (Lipinski definition) is 3. The van der Waals surface area contributed by atoms with E-state index in [-0.39, 0.29) is 23.9 Å². The lowest BCUT2D eigenvalue weighted by Gasteiger charge is -2.21. The maximum atomic E-state index is 13.8. The number of halogens is 1. The Morgan fingerprint density at radius 1 is 1.27 bits per heavy atom. The van der Waals surface area contributed by atoms with Gasteiger partial charge < -0.3 is 15.0 Å². The predicted molar refractivity (Wildman–Crippen MR) is 101 cm³/mol. The average Bonchev–Trinajstić information content (AvgIpc) is 3.05. The molecule has 0 saturated carbocycles. The molecule has 0 radical (unpaired) electrons. The quantitative estimate of drug-likeness (QED) is 0.881. The van der Waals surface area contributed by atoms with Crippen LogP contribution in [0.4, 0.5) is 10.1 Å². The van der Waals surface area contributed by atoms with Gasteiger partial charge in [-0.1, -0.05) is 18.2 Å². The first kappa shape index (κ1) is 18.2. The molecule has 138 valence electrons. The largest absolute Gasteiger partial charge is 0.489 e. The van der Waals surface area contributed by atoms with Gasteiger partial charge >= 0.3 is 0 Å². The van der Waals surface area contributed by atoms with Gasteiger partial charge in [0.15, 0.2) is 0 Å². The molecule has 0 spiro atoms. The Morgan fingerprint density at radius 2 is 2.00 bits per heavy atom. The van der Waals surface area contributed by atoms with Gasteiger partial charge in [-0.25, -0.2) is 4.39 Å². The molecular formula is C21H25FN2O2. The van der Waals surface area contributed by atoms with E-state index in [1.54, 1.807) is 6.07 Å². The molecule has 1 N–H and O–H groups in total. The second kappa shape index (κ2) is 7.77. The second-order valence-corrected chi connectivity index (χ2v) is 6.85. The Hall–Kier alpha value is -2.56. The number of carbonyl (C=O) groups excluding carboxylic acids is 1. The fourth-order valence-electron chi connectivity index (χ4n) is 3.40. The van der Waals surface area contributed by atoms with Crippen molar-refractivity contribution in [1.82, 2.24) is 5.32 Å². The molecule has 1 aliphatic rings. The molecule has 2 aromatic carbocycles. The van der Waals surface area contributed by atoms with Crippen LogP contribution < -0.4 is 15.0 Å². The third-order valence-electron chi connectivity index (χ3n) is 4.83. The van der Waals surface area contributed by atoms with Crippen molar-refractivity contribution < 1.29 is 13.9 Å². The third kappa shape index (κ3) is 4.15. The van der Waals surface area contributed by atoms with E-state index in [9.17, 15) is 9.18 Å². The van der Waals surface area contributed by atoms with Crippen molar-refractivity contribution in [3.05, 3.63) is 59.4 Å². The highest BCUT2D eigenvalue weighted by Crippen LogP contribution is 2.28. The number of nitrogens with zero attached hydrogens (tertiary/aromatic N) is 1. The monoisotopic (exact) mass is 356 g/mol. The summed E-state index contributed by atoms with van der Waals surface area (Å²) in [6.07, 6.45) is 0.983. The number of carbonyl (C=O) groups is 1. The first-order valence-corrected chi connectivity index (χ1v) is 8.98. The van der Waals surface area contributed by atoms with Crippen molar-refractivity contribution in [2.45, 2.75) is 39.3 Å². The number of amides is 1. The molecule has 1 fully saturated rings. The van der Waals surface area contributed by atoms with Gasteiger partial charge in [0.2, 0.25) is 5.91 Å². The van der Waals surface area contributed by atoms with Gasteiger partial charge in [-0.05, 0) is 43.7 Å². The van der Waals surface area contributed by atoms with Crippen LogP contribution in [0.1, 0.15) is 37.4 Å². The molecule has 1 amide bonds. The van der Waals surface area contributed by atoms with Crippen LogP contribution >= 0.6 is 0 Å². The van der Waals surface area contributed by atoms with E-state index in [0.29, 0.717) is 5.56 Å². The van der Waals surface area contributed by atoms with E-state index < -0.39 is 0 Å². The zero-order chi connectivity index (χ0) is 18.7. The van der Waals surface area contributed by atoms with E-state index in [0.717, 1.165) is 36.5 Å². The van der Waals surface area contributed by atoms with Gasteiger partial charge in [-0.2, -0.15) is 0 Å². The number of rotatable bonds is 5. The highest BCUT2D eigenvalue weighted by Gasteiger charge is 2.25. The summed E-state index contributed by atoms with van der Waals surface area (Å²) in [5, 5.41) is 2.87. The van der Waals surface area contributed by atoms with Gasteiger partial charge in [-0.15, -0.1) is 0 Å². The van der Waals surface area contributed by atoms with Gasteiger partial charge in [0.05, 0.1) is 12.6 Å². The van der Waals surface area contributed by atoms with E-state index in [4.69, 9.17) is 4.74 Å². The predicted octanol–water partition coefficient (Wildman–Crippen LogP) is 3.99. The summed E-state index contributed by atoms with van der Waals surface area (Å²) in [6, 6.07) is 13.0. The smallest absolute Gasteiger partial charge is 0.217 e. The first-order valence-electron chi connectivity index (χ1n) is 8.98. The van der Waals surface area contributed by atoms with Crippen LogP contribution in [0, 0.1) is 12.7 Å². The van der Waals surface area contributed by atoms with Crippen LogP contribution in [0.25, 0.3) is 0 Å². The van der Waals surface area contributed by atoms with Crippen molar-refractivity contribution in [2.24, 2.45) is 0 Å². The van der Waals surface area contributed by atoms with E-state index in [2.05, 4.69) is 10.2 Å². The number of hydrogen-bond donors (Lipinski definition) is 1. The van der Waals surface area contributed by atoms with Crippen molar-refractivity contribution in [2.75, 3.05) is 18.0 Å². The van der Waals surface area contributed by atoms with E-state index in [1.807, 2.05) is 44.2 Å². The summed E-state index contributed by atoms with van der Waals surface area (Å²) in [6.45, 7) is 6.88. The molecule has 0 bridgehead atoms. The summed E-state index contributed by atoms with van der Waals surface area (Å²) >= 11 is 0. The lowest BCUT2D eigenvalue weighted by molar-refractivity contribution is -0.119. The molecule has 1 saturated heterocycles. The third-order valence-corrected chi connectivity index (χ3v) is 4.83. The zero-order valence-electron chi connectivity index (χ0n) is 15.5. The summed E-state index contributed by atoms with van der Waals surface area (Å²) in [5.41, 5.74) is 2.66. The van der Waals surface area contributed by atoms with Crippen LogP contribution in [-0.2, 0) is 4.79 Å². The number of ether oxygens (including phenoxy) is 1. The molecule has 0 unspecified atom stereocenters. The summed E-state index contributed by atoms with van der Waals surface area (Å²) < 4.78 is 19.9. The summed E-state index contributed by atoms with van der Waals surface area (Å²) in [4.78, 5) is 13.3. The highest BCUT2D eigenvalue weighted by atomic mass is 19.1. The molecule has 1 heterocycles. The fraction of sp³-hybridized carbons (Fsp3) is 0.381. The molecule has 2 aromatic rings. The van der Waals surface area contributed by atoms with Gasteiger partial charge in [0.25, 0.3) is 0 Å². The topological polar surface area (TPSA) is 41.6 Å². The maximum absolute atomic E-state index is 13.8. The lowest BCUT2D eigenvalue weighted by atomic mass is 10.1. The SMILES string of the molecule is CC(=O)N[C@@H](C)c1ccc(O[C@@H]2CCN(c3cccc(F)c3C)C2)cc1. The van der Waals surface area contributed by atoms with Gasteiger partial charge in [0.1, 0.15) is 17.7 Å². The Bertz CT molecular complexity index is 776. The van der Waals surface area contributed by atoms with E-state index in [1.165, 1.54) is 13.0 Å². The lowest BCUT2D eigenvalue weighted by Crippen LogP contribution is -2.25. The van der Waals surface area contributed by atoms with Crippen molar-refractivity contribution in [3.63, 3.8) is 0 Å². The maximum Gasteiger partial charge on any atom is 0.217 e. The summed E-state index contributed by atoms with van der Waals surface area (Å²) in [7, 11) is 0. The number of nitrogens with one attached hydrogen (secondary N) is 1. The molecule has 3 rings (SSSR count). The van der Waals surface area contributed by atoms with Crippen LogP contribution in [0.2, 0.25) is 0 Å². The Kier molecular flexibility index (Phi) is 5.45. The fourth-order valence-corrected chi connectivity index (χ4v) is 3.40. The molecule has 2 atom stereocenters. The average molecular weight is 356 g/mol. The minimum atomic E-state index is -0.171. The van der Waals surface area contributed by atoms with Crippen LogP contribution in [0.5, 0.6) is 5.75 Å². The van der Waals surface area contributed by atoms with Crippen molar-refractivity contribution >= 4 is 11.6 Å². The van der Waals surface area contributed by atoms with E-state index >= 15 is 0 Å². The zero-order valence-corrected chi connectivity index (χ0v) is 15.5. The van der Waals surface area contributed by atoms with Crippen LogP contribution in [0.15, 0.2) is 42.5 Å². The molecule has 0 aromatic heterocycles. The standard InChI is InChI=1S/C21H25FN2O2/c1-14-20(22)5-4-6-21(14)24-12-11-19(13-24)26-18-9-7-17(8-10-18)15(2)23-16(3)25/h4-10,15,19H,11-13H2,1-3H3,(H,23,25)/t15-,19+/m0/s1. The molecule has 26 heavy (non-hydrogen) atoms. The Balaban J connectivity index is 1.60. The normalized spacial score (nSPS) is 17.8. The number of anilines is 1. The van der Waals surface area contributed by atoms with Crippen molar-refractivity contribution in [3.8, 4) is 5.75 Å². The van der Waals surface area contributed by atoms with Crippen LogP contribution in [0.3, 0.4) is 0 Å². The first-order chi connectivity index (χ1) is 12.4. The molecule has 5 heteroatoms. The number of benzene rings is 2. The minimum absolute atomic E-state index is 0.0283. The highest BCUT2D eigenvalue weighted by molar-refractivity contribution is 5.73. The molecule has 1 aliphatic heterocycles. The second-order valence-electron chi connectivity index (χ2n) is 6.85. The molecular weight excluding hydrogens is 331 g/mol. The Morgan fingerprint density at radius 3 is 2.69 bits per heavy atom.